The molecule has 0 fully saturated rings. The molecule has 5 nitrogen and oxygen atoms in total. The molecule has 0 saturated carbocycles. The van der Waals surface area contributed by atoms with E-state index in [1.54, 1.807) is 41.2 Å². The first-order valence-corrected chi connectivity index (χ1v) is 8.70. The SMILES string of the molecule is Cn1cc(CNC(=O)c2cccc(COc3cccc(Cl)c3Cl)c2)cn1. The van der Waals surface area contributed by atoms with Gasteiger partial charge in [0, 0.05) is 30.9 Å². The van der Waals surface area contributed by atoms with Crippen LogP contribution in [0.4, 0.5) is 0 Å². The number of carbonyl (C=O) groups is 1. The minimum atomic E-state index is -0.156. The normalized spacial score (nSPS) is 10.6. The molecule has 1 aromatic heterocycles. The van der Waals surface area contributed by atoms with E-state index in [9.17, 15) is 4.79 Å². The van der Waals surface area contributed by atoms with Crippen molar-refractivity contribution >= 4 is 29.1 Å². The molecule has 2 aromatic carbocycles. The number of ether oxygens (including phenoxy) is 1. The average Bonchev–Trinajstić information content (AvgIpc) is 3.06. The van der Waals surface area contributed by atoms with Crippen LogP contribution >= 0.6 is 23.2 Å². The van der Waals surface area contributed by atoms with Crippen LogP contribution in [0.25, 0.3) is 0 Å². The van der Waals surface area contributed by atoms with Gasteiger partial charge in [0.2, 0.25) is 0 Å². The fourth-order valence-corrected chi connectivity index (χ4v) is 2.75. The third-order valence-corrected chi connectivity index (χ3v) is 4.51. The van der Waals surface area contributed by atoms with E-state index in [1.807, 2.05) is 25.4 Å². The van der Waals surface area contributed by atoms with Gasteiger partial charge in [-0.25, -0.2) is 0 Å². The lowest BCUT2D eigenvalue weighted by Crippen LogP contribution is -2.22. The van der Waals surface area contributed by atoms with Crippen LogP contribution in [0.2, 0.25) is 10.0 Å². The highest BCUT2D eigenvalue weighted by molar-refractivity contribution is 6.42. The molecule has 134 valence electrons. The van der Waals surface area contributed by atoms with Crippen LogP contribution in [0.15, 0.2) is 54.9 Å². The van der Waals surface area contributed by atoms with Crippen molar-refractivity contribution in [2.24, 2.45) is 7.05 Å². The van der Waals surface area contributed by atoms with Crippen LogP contribution < -0.4 is 10.1 Å². The van der Waals surface area contributed by atoms with Crippen molar-refractivity contribution in [2.45, 2.75) is 13.2 Å². The Morgan fingerprint density at radius 2 is 2.00 bits per heavy atom. The Kier molecular flexibility index (Phi) is 5.81. The number of halogens is 2. The monoisotopic (exact) mass is 389 g/mol. The summed E-state index contributed by atoms with van der Waals surface area (Å²) >= 11 is 12.1. The molecule has 0 saturated heterocycles. The molecule has 0 atom stereocenters. The molecule has 0 unspecified atom stereocenters. The van der Waals surface area contributed by atoms with E-state index in [0.29, 0.717) is 27.9 Å². The lowest BCUT2D eigenvalue weighted by molar-refractivity contribution is 0.0950. The Bertz CT molecular complexity index is 925. The van der Waals surface area contributed by atoms with Gasteiger partial charge in [-0.3, -0.25) is 9.48 Å². The van der Waals surface area contributed by atoms with Gasteiger partial charge < -0.3 is 10.1 Å². The highest BCUT2D eigenvalue weighted by Crippen LogP contribution is 2.31. The maximum Gasteiger partial charge on any atom is 0.251 e. The molecule has 1 N–H and O–H groups in total. The molecule has 0 aliphatic rings. The summed E-state index contributed by atoms with van der Waals surface area (Å²) in [5.74, 6) is 0.349. The Labute approximate surface area is 161 Å². The van der Waals surface area contributed by atoms with Crippen LogP contribution in [-0.4, -0.2) is 15.7 Å². The second-order valence-electron chi connectivity index (χ2n) is 5.75. The Hall–Kier alpha value is -2.50. The zero-order valence-electron chi connectivity index (χ0n) is 14.1. The van der Waals surface area contributed by atoms with Gasteiger partial charge >= 0.3 is 0 Å². The first-order valence-electron chi connectivity index (χ1n) is 7.94. The van der Waals surface area contributed by atoms with Gasteiger partial charge in [0.25, 0.3) is 5.91 Å². The lowest BCUT2D eigenvalue weighted by Gasteiger charge is -2.10. The molecular weight excluding hydrogens is 373 g/mol. The molecule has 3 rings (SSSR count). The molecular formula is C19H17Cl2N3O2. The molecule has 0 radical (unpaired) electrons. The molecule has 3 aromatic rings. The number of rotatable bonds is 6. The van der Waals surface area contributed by atoms with Crippen molar-refractivity contribution in [1.82, 2.24) is 15.1 Å². The quantitative estimate of drug-likeness (QED) is 0.685. The molecule has 0 aliphatic heterocycles. The van der Waals surface area contributed by atoms with Gasteiger partial charge in [-0.2, -0.15) is 5.10 Å². The minimum absolute atomic E-state index is 0.156. The number of aromatic nitrogens is 2. The summed E-state index contributed by atoms with van der Waals surface area (Å²) in [7, 11) is 1.83. The number of amides is 1. The molecule has 26 heavy (non-hydrogen) atoms. The zero-order chi connectivity index (χ0) is 18.5. The summed E-state index contributed by atoms with van der Waals surface area (Å²) in [5, 5.41) is 7.76. The number of nitrogens with zero attached hydrogens (tertiary/aromatic N) is 2. The summed E-state index contributed by atoms with van der Waals surface area (Å²) in [6, 6.07) is 12.5. The third-order valence-electron chi connectivity index (χ3n) is 3.71. The summed E-state index contributed by atoms with van der Waals surface area (Å²) in [6.45, 7) is 0.704. The average molecular weight is 390 g/mol. The minimum Gasteiger partial charge on any atom is -0.487 e. The van der Waals surface area contributed by atoms with Gasteiger partial charge in [-0.15, -0.1) is 0 Å². The smallest absolute Gasteiger partial charge is 0.251 e. The number of aryl methyl sites for hydroxylation is 1. The van der Waals surface area contributed by atoms with Gasteiger partial charge in [-0.1, -0.05) is 41.4 Å². The van der Waals surface area contributed by atoms with E-state index in [-0.39, 0.29) is 12.5 Å². The Balaban J connectivity index is 1.62. The fourth-order valence-electron chi connectivity index (χ4n) is 2.41. The Morgan fingerprint density at radius 1 is 1.19 bits per heavy atom. The van der Waals surface area contributed by atoms with E-state index in [1.165, 1.54) is 0 Å². The number of hydrogen-bond donors (Lipinski definition) is 1. The fraction of sp³-hybridized carbons (Fsp3) is 0.158. The third kappa shape index (κ3) is 4.56. The number of hydrogen-bond acceptors (Lipinski definition) is 3. The molecule has 1 amide bonds. The van der Waals surface area contributed by atoms with Crippen LogP contribution in [0.5, 0.6) is 5.75 Å². The second kappa shape index (κ2) is 8.25. The van der Waals surface area contributed by atoms with Crippen LogP contribution in [-0.2, 0) is 20.2 Å². The topological polar surface area (TPSA) is 56.2 Å². The summed E-state index contributed by atoms with van der Waals surface area (Å²) < 4.78 is 7.41. The van der Waals surface area contributed by atoms with E-state index >= 15 is 0 Å². The van der Waals surface area contributed by atoms with Gasteiger partial charge in [0.15, 0.2) is 0 Å². The molecule has 0 bridgehead atoms. The predicted octanol–water partition coefficient (Wildman–Crippen LogP) is 4.24. The summed E-state index contributed by atoms with van der Waals surface area (Å²) in [6.07, 6.45) is 3.58. The number of benzene rings is 2. The summed E-state index contributed by atoms with van der Waals surface area (Å²) in [4.78, 5) is 12.3. The van der Waals surface area contributed by atoms with Crippen molar-refractivity contribution in [3.63, 3.8) is 0 Å². The highest BCUT2D eigenvalue weighted by Gasteiger charge is 2.09. The molecule has 7 heteroatoms. The van der Waals surface area contributed by atoms with Crippen molar-refractivity contribution < 1.29 is 9.53 Å². The first kappa shape index (κ1) is 18.3. The maximum absolute atomic E-state index is 12.3. The number of nitrogens with one attached hydrogen (secondary N) is 1. The Morgan fingerprint density at radius 3 is 2.77 bits per heavy atom. The largest absolute Gasteiger partial charge is 0.487 e. The van der Waals surface area contributed by atoms with E-state index in [2.05, 4.69) is 10.4 Å². The van der Waals surface area contributed by atoms with E-state index < -0.39 is 0 Å². The lowest BCUT2D eigenvalue weighted by atomic mass is 10.1. The van der Waals surface area contributed by atoms with E-state index in [4.69, 9.17) is 27.9 Å². The van der Waals surface area contributed by atoms with Crippen LogP contribution in [0.3, 0.4) is 0 Å². The predicted molar refractivity (Wildman–Crippen MR) is 102 cm³/mol. The van der Waals surface area contributed by atoms with Crippen LogP contribution in [0.1, 0.15) is 21.5 Å². The second-order valence-corrected chi connectivity index (χ2v) is 6.53. The molecule has 0 aliphatic carbocycles. The van der Waals surface area contributed by atoms with Crippen LogP contribution in [0, 0.1) is 0 Å². The number of carbonyl (C=O) groups excluding carboxylic acids is 1. The summed E-state index contributed by atoms with van der Waals surface area (Å²) in [5.41, 5.74) is 2.36. The molecule has 1 heterocycles. The molecule has 0 spiro atoms. The van der Waals surface area contributed by atoms with Crippen molar-refractivity contribution in [3.8, 4) is 5.75 Å². The van der Waals surface area contributed by atoms with E-state index in [0.717, 1.165) is 11.1 Å². The van der Waals surface area contributed by atoms with Crippen molar-refractivity contribution in [3.05, 3.63) is 81.6 Å². The van der Waals surface area contributed by atoms with Crippen molar-refractivity contribution in [2.75, 3.05) is 0 Å². The van der Waals surface area contributed by atoms with Gasteiger partial charge in [-0.05, 0) is 29.8 Å². The van der Waals surface area contributed by atoms with Gasteiger partial charge in [0.1, 0.15) is 17.4 Å². The highest BCUT2D eigenvalue weighted by atomic mass is 35.5. The first-order chi connectivity index (χ1) is 12.5. The van der Waals surface area contributed by atoms with Crippen molar-refractivity contribution in [1.29, 1.82) is 0 Å². The van der Waals surface area contributed by atoms with Gasteiger partial charge in [0.05, 0.1) is 11.2 Å². The standard InChI is InChI=1S/C19H17Cl2N3O2/c1-24-11-14(10-23-24)9-22-19(25)15-5-2-4-13(8-15)12-26-17-7-3-6-16(20)18(17)21/h2-8,10-11H,9,12H2,1H3,(H,22,25). The maximum atomic E-state index is 12.3. The zero-order valence-corrected chi connectivity index (χ0v) is 15.6.